The van der Waals surface area contributed by atoms with E-state index in [-0.39, 0.29) is 11.1 Å². The van der Waals surface area contributed by atoms with E-state index in [4.69, 9.17) is 4.74 Å². The summed E-state index contributed by atoms with van der Waals surface area (Å²) in [6.07, 6.45) is 1.75. The maximum atomic E-state index is 12.2. The summed E-state index contributed by atoms with van der Waals surface area (Å²) >= 11 is 6.61. The van der Waals surface area contributed by atoms with Gasteiger partial charge in [-0.3, -0.25) is 14.5 Å². The number of ether oxygens (including phenoxy) is 1. The van der Waals surface area contributed by atoms with E-state index in [1.807, 2.05) is 42.5 Å². The highest BCUT2D eigenvalue weighted by molar-refractivity contribution is 14.1. The summed E-state index contributed by atoms with van der Waals surface area (Å²) in [7, 11) is 0. The number of carbonyl (C=O) groups excluding carboxylic acids is 2. The average Bonchev–Trinajstić information content (AvgIpc) is 2.88. The molecule has 0 radical (unpaired) electrons. The second-order valence-corrected chi connectivity index (χ2v) is 8.60. The molecular weight excluding hydrogens is 529 g/mol. The van der Waals surface area contributed by atoms with Crippen LogP contribution in [-0.4, -0.2) is 22.6 Å². The Morgan fingerprint density at radius 3 is 2.54 bits per heavy atom. The maximum Gasteiger partial charge on any atom is 0.293 e. The molecule has 2 aromatic rings. The van der Waals surface area contributed by atoms with E-state index < -0.39 is 0 Å². The van der Waals surface area contributed by atoms with E-state index in [9.17, 15) is 9.59 Å². The van der Waals surface area contributed by atoms with Gasteiger partial charge in [0.1, 0.15) is 12.4 Å². The molecule has 1 fully saturated rings. The van der Waals surface area contributed by atoms with E-state index in [1.165, 1.54) is 4.90 Å². The Balaban J connectivity index is 1.71. The molecule has 0 N–H and O–H groups in total. The molecule has 7 heteroatoms. The van der Waals surface area contributed by atoms with Crippen molar-refractivity contribution >= 4 is 67.5 Å². The molecule has 3 rings (SSSR count). The van der Waals surface area contributed by atoms with Crippen molar-refractivity contribution in [1.82, 2.24) is 4.90 Å². The highest BCUT2D eigenvalue weighted by atomic mass is 127. The summed E-state index contributed by atoms with van der Waals surface area (Å²) in [5.41, 5.74) is 1.95. The van der Waals surface area contributed by atoms with Crippen molar-refractivity contribution in [2.45, 2.75) is 13.5 Å². The third-order valence-electron chi connectivity index (χ3n) is 3.75. The second kappa shape index (κ2) is 8.58. The average molecular weight is 544 g/mol. The van der Waals surface area contributed by atoms with Crippen LogP contribution in [0.5, 0.6) is 5.75 Å². The minimum atomic E-state index is -0.229. The van der Waals surface area contributed by atoms with E-state index >= 15 is 0 Å². The van der Waals surface area contributed by atoms with E-state index in [2.05, 4.69) is 38.5 Å². The fourth-order valence-electron chi connectivity index (χ4n) is 2.39. The molecule has 0 aliphatic carbocycles. The first-order chi connectivity index (χ1) is 12.5. The van der Waals surface area contributed by atoms with Crippen molar-refractivity contribution in [2.75, 3.05) is 6.54 Å². The molecule has 0 bridgehead atoms. The van der Waals surface area contributed by atoms with Crippen LogP contribution in [0.25, 0.3) is 6.08 Å². The van der Waals surface area contributed by atoms with Crippen molar-refractivity contribution in [1.29, 1.82) is 0 Å². The molecule has 0 atom stereocenters. The van der Waals surface area contributed by atoms with Crippen LogP contribution in [0, 0.1) is 3.57 Å². The van der Waals surface area contributed by atoms with Gasteiger partial charge in [-0.15, -0.1) is 0 Å². The fraction of sp³-hybridized carbons (Fsp3) is 0.158. The van der Waals surface area contributed by atoms with Crippen LogP contribution < -0.4 is 4.74 Å². The van der Waals surface area contributed by atoms with Crippen molar-refractivity contribution in [2.24, 2.45) is 0 Å². The summed E-state index contributed by atoms with van der Waals surface area (Å²) < 4.78 is 7.86. The lowest BCUT2D eigenvalue weighted by Gasteiger charge is -2.09. The number of hydrogen-bond donors (Lipinski definition) is 0. The van der Waals surface area contributed by atoms with Gasteiger partial charge in [0.15, 0.2) is 0 Å². The van der Waals surface area contributed by atoms with Crippen LogP contribution in [0.2, 0.25) is 0 Å². The lowest BCUT2D eigenvalue weighted by Crippen LogP contribution is -2.27. The first-order valence-corrected chi connectivity index (χ1v) is 10.6. The lowest BCUT2D eigenvalue weighted by molar-refractivity contribution is -0.122. The lowest BCUT2D eigenvalue weighted by atomic mass is 10.2. The fourth-order valence-corrected chi connectivity index (χ4v) is 4.25. The van der Waals surface area contributed by atoms with Gasteiger partial charge >= 0.3 is 0 Å². The van der Waals surface area contributed by atoms with Crippen LogP contribution in [-0.2, 0) is 11.4 Å². The zero-order valence-corrected chi connectivity index (χ0v) is 18.4. The first-order valence-electron chi connectivity index (χ1n) is 7.90. The molecule has 0 unspecified atom stereocenters. The number of nitrogens with zero attached hydrogens (tertiary/aromatic N) is 1. The van der Waals surface area contributed by atoms with Gasteiger partial charge in [-0.25, -0.2) is 0 Å². The normalized spacial score (nSPS) is 15.8. The first kappa shape index (κ1) is 19.4. The summed E-state index contributed by atoms with van der Waals surface area (Å²) in [5, 5.41) is -0.215. The molecule has 1 aliphatic rings. The number of rotatable bonds is 5. The van der Waals surface area contributed by atoms with Crippen LogP contribution in [0.4, 0.5) is 4.79 Å². The number of imide groups is 1. The van der Waals surface area contributed by atoms with Crippen LogP contribution in [0.15, 0.2) is 51.8 Å². The highest BCUT2D eigenvalue weighted by Gasteiger charge is 2.33. The van der Waals surface area contributed by atoms with Gasteiger partial charge in [0.05, 0.1) is 8.48 Å². The summed E-state index contributed by atoms with van der Waals surface area (Å²) in [5.74, 6) is 0.556. The molecule has 4 nitrogen and oxygen atoms in total. The number of halogens is 2. The van der Waals surface area contributed by atoms with Gasteiger partial charge in [0.25, 0.3) is 11.1 Å². The molecular formula is C19H15BrINO3S. The molecule has 0 spiro atoms. The van der Waals surface area contributed by atoms with Gasteiger partial charge in [0, 0.05) is 11.0 Å². The highest BCUT2D eigenvalue weighted by Crippen LogP contribution is 2.33. The van der Waals surface area contributed by atoms with E-state index in [0.717, 1.165) is 36.7 Å². The van der Waals surface area contributed by atoms with Crippen molar-refractivity contribution < 1.29 is 14.3 Å². The second-order valence-electron chi connectivity index (χ2n) is 5.53. The maximum absolute atomic E-state index is 12.2. The zero-order chi connectivity index (χ0) is 18.7. The minimum Gasteiger partial charge on any atom is -0.488 e. The van der Waals surface area contributed by atoms with Gasteiger partial charge in [0.2, 0.25) is 0 Å². The van der Waals surface area contributed by atoms with Crippen molar-refractivity contribution in [3.63, 3.8) is 0 Å². The number of likely N-dealkylation sites (N-methyl/N-ethyl adjacent to an activating group) is 1. The SMILES string of the molecule is CCN1C(=O)S/C(=C/c2ccc(OCc3ccc(Br)cc3)c(I)c2)C1=O. The molecule has 0 saturated carbocycles. The molecule has 2 aromatic carbocycles. The third-order valence-corrected chi connectivity index (χ3v) is 6.03. The van der Waals surface area contributed by atoms with Gasteiger partial charge in [-0.2, -0.15) is 0 Å². The zero-order valence-electron chi connectivity index (χ0n) is 13.9. The summed E-state index contributed by atoms with van der Waals surface area (Å²) in [6, 6.07) is 13.7. The largest absolute Gasteiger partial charge is 0.488 e. The van der Waals surface area contributed by atoms with Crippen LogP contribution in [0.3, 0.4) is 0 Å². The minimum absolute atomic E-state index is 0.215. The summed E-state index contributed by atoms with van der Waals surface area (Å²) in [4.78, 5) is 25.7. The smallest absolute Gasteiger partial charge is 0.293 e. The topological polar surface area (TPSA) is 46.6 Å². The number of carbonyl (C=O) groups is 2. The monoisotopic (exact) mass is 543 g/mol. The quantitative estimate of drug-likeness (QED) is 0.359. The summed E-state index contributed by atoms with van der Waals surface area (Å²) in [6.45, 7) is 2.67. The Labute approximate surface area is 178 Å². The Kier molecular flexibility index (Phi) is 6.42. The Bertz CT molecular complexity index is 883. The van der Waals surface area contributed by atoms with E-state index in [0.29, 0.717) is 18.1 Å². The number of benzene rings is 2. The predicted octanol–water partition coefficient (Wildman–Crippen LogP) is 5.69. The molecule has 1 saturated heterocycles. The number of thioether (sulfide) groups is 1. The Morgan fingerprint density at radius 2 is 1.92 bits per heavy atom. The van der Waals surface area contributed by atoms with Crippen LogP contribution in [0.1, 0.15) is 18.1 Å². The van der Waals surface area contributed by atoms with Gasteiger partial charge < -0.3 is 4.74 Å². The predicted molar refractivity (Wildman–Crippen MR) is 116 cm³/mol. The van der Waals surface area contributed by atoms with Crippen molar-refractivity contribution in [3.8, 4) is 5.75 Å². The third kappa shape index (κ3) is 4.50. The molecule has 0 aromatic heterocycles. The van der Waals surface area contributed by atoms with Gasteiger partial charge in [-0.05, 0) is 82.7 Å². The standard InChI is InChI=1S/C19H15BrINO3S/c1-2-22-18(23)17(26-19(22)24)10-13-5-8-16(15(21)9-13)25-11-12-3-6-14(20)7-4-12/h3-10H,2,11H2,1H3/b17-10+. The number of hydrogen-bond acceptors (Lipinski definition) is 4. The Hall–Kier alpha value is -1.32. The molecule has 2 amide bonds. The molecule has 134 valence electrons. The van der Waals surface area contributed by atoms with Gasteiger partial charge in [-0.1, -0.05) is 34.1 Å². The van der Waals surface area contributed by atoms with Crippen LogP contribution >= 0.6 is 50.3 Å². The van der Waals surface area contributed by atoms with E-state index in [1.54, 1.807) is 13.0 Å². The van der Waals surface area contributed by atoms with Crippen molar-refractivity contribution in [3.05, 3.63) is 66.5 Å². The number of amides is 2. The molecule has 1 aliphatic heterocycles. The molecule has 26 heavy (non-hydrogen) atoms. The Morgan fingerprint density at radius 1 is 1.19 bits per heavy atom. The molecule has 1 heterocycles.